The van der Waals surface area contributed by atoms with Gasteiger partial charge in [0.05, 0.1) is 4.83 Å². The van der Waals surface area contributed by atoms with Gasteiger partial charge in [-0.2, -0.15) is 0 Å². The maximum atomic E-state index is 13.7. The summed E-state index contributed by atoms with van der Waals surface area (Å²) in [5.74, 6) is 0.793. The van der Waals surface area contributed by atoms with Crippen molar-refractivity contribution in [1.29, 1.82) is 0 Å². The van der Waals surface area contributed by atoms with Crippen molar-refractivity contribution >= 4 is 15.9 Å². The molecule has 0 saturated heterocycles. The average molecular weight is 349 g/mol. The van der Waals surface area contributed by atoms with Gasteiger partial charge in [-0.15, -0.1) is 0 Å². The lowest BCUT2D eigenvalue weighted by Gasteiger charge is -2.16. The van der Waals surface area contributed by atoms with Gasteiger partial charge in [0, 0.05) is 6.42 Å². The summed E-state index contributed by atoms with van der Waals surface area (Å²) >= 11 is 3.68. The number of hydrogen-bond donors (Lipinski definition) is 0. The maximum Gasteiger partial charge on any atom is 0.126 e. The molecule has 0 radical (unpaired) electrons. The summed E-state index contributed by atoms with van der Waals surface area (Å²) in [7, 11) is 0. The van der Waals surface area contributed by atoms with Gasteiger partial charge in [-0.25, -0.2) is 4.39 Å². The average Bonchev–Trinajstić information content (AvgIpc) is 2.73. The topological polar surface area (TPSA) is 9.23 Å². The van der Waals surface area contributed by atoms with E-state index in [0.29, 0.717) is 5.56 Å². The number of benzene rings is 2. The quantitative estimate of drug-likeness (QED) is 0.666. The van der Waals surface area contributed by atoms with Gasteiger partial charge < -0.3 is 4.74 Å². The van der Waals surface area contributed by atoms with Crippen molar-refractivity contribution in [2.45, 2.75) is 37.6 Å². The first-order valence-corrected chi connectivity index (χ1v) is 7.99. The molecular weight excluding hydrogens is 331 g/mol. The fraction of sp³-hybridized carbons (Fsp3) is 0.333. The highest BCUT2D eigenvalue weighted by Gasteiger charge is 2.30. The van der Waals surface area contributed by atoms with E-state index in [1.54, 1.807) is 13.0 Å². The molecule has 0 saturated carbocycles. The molecule has 1 heterocycles. The second kappa shape index (κ2) is 5.13. The van der Waals surface area contributed by atoms with Crippen molar-refractivity contribution in [3.63, 3.8) is 0 Å². The van der Waals surface area contributed by atoms with Gasteiger partial charge in [0.25, 0.3) is 0 Å². The molecule has 3 rings (SSSR count). The lowest BCUT2D eigenvalue weighted by molar-refractivity contribution is 0.138. The number of aryl methyl sites for hydroxylation is 1. The standard InChI is InChI=1S/C18H18BrFO/c1-11-4-5-13(9-15(11)20)17(19)12-6-7-16-14(8-12)10-18(2,3)21-16/h4-9,17H,10H2,1-3H3. The predicted molar refractivity (Wildman–Crippen MR) is 86.8 cm³/mol. The number of ether oxygens (including phenoxy) is 1. The zero-order valence-electron chi connectivity index (χ0n) is 12.4. The van der Waals surface area contributed by atoms with Gasteiger partial charge in [0.1, 0.15) is 17.2 Å². The minimum absolute atomic E-state index is 0.0124. The minimum atomic E-state index is -0.164. The molecule has 1 aliphatic rings. The molecule has 2 aromatic carbocycles. The Morgan fingerprint density at radius 1 is 1.14 bits per heavy atom. The van der Waals surface area contributed by atoms with Crippen LogP contribution in [0.3, 0.4) is 0 Å². The highest BCUT2D eigenvalue weighted by molar-refractivity contribution is 9.09. The summed E-state index contributed by atoms with van der Waals surface area (Å²) in [4.78, 5) is -0.0124. The molecule has 0 N–H and O–H groups in total. The largest absolute Gasteiger partial charge is 0.487 e. The van der Waals surface area contributed by atoms with Crippen LogP contribution in [0.4, 0.5) is 4.39 Å². The van der Waals surface area contributed by atoms with E-state index < -0.39 is 0 Å². The number of halogens is 2. The zero-order chi connectivity index (χ0) is 15.2. The van der Waals surface area contributed by atoms with Crippen molar-refractivity contribution in [3.05, 3.63) is 64.5 Å². The molecule has 1 aliphatic heterocycles. The zero-order valence-corrected chi connectivity index (χ0v) is 14.0. The molecule has 3 heteroatoms. The Balaban J connectivity index is 1.93. The fourth-order valence-corrected chi connectivity index (χ4v) is 3.32. The van der Waals surface area contributed by atoms with Crippen molar-refractivity contribution in [1.82, 2.24) is 0 Å². The molecule has 110 valence electrons. The molecule has 1 nitrogen and oxygen atoms in total. The van der Waals surface area contributed by atoms with Gasteiger partial charge in [-0.1, -0.05) is 40.2 Å². The molecule has 0 amide bonds. The van der Waals surface area contributed by atoms with Crippen LogP contribution in [-0.2, 0) is 6.42 Å². The van der Waals surface area contributed by atoms with Crippen molar-refractivity contribution in [2.24, 2.45) is 0 Å². The van der Waals surface area contributed by atoms with E-state index in [4.69, 9.17) is 4.74 Å². The Morgan fingerprint density at radius 3 is 2.52 bits per heavy atom. The first kappa shape index (κ1) is 14.6. The number of rotatable bonds is 2. The van der Waals surface area contributed by atoms with Crippen LogP contribution < -0.4 is 4.74 Å². The molecule has 2 aromatic rings. The number of alkyl halides is 1. The molecule has 21 heavy (non-hydrogen) atoms. The van der Waals surface area contributed by atoms with Crippen LogP contribution in [0.2, 0.25) is 0 Å². The van der Waals surface area contributed by atoms with E-state index in [-0.39, 0.29) is 16.2 Å². The van der Waals surface area contributed by atoms with E-state index in [1.807, 2.05) is 24.3 Å². The molecule has 1 atom stereocenters. The Labute approximate surface area is 133 Å². The third-order valence-corrected chi connectivity index (χ3v) is 4.93. The molecular formula is C18H18BrFO. The van der Waals surface area contributed by atoms with Crippen LogP contribution in [0.5, 0.6) is 5.75 Å². The summed E-state index contributed by atoms with van der Waals surface area (Å²) < 4.78 is 19.6. The second-order valence-electron chi connectivity index (χ2n) is 6.28. The Bertz CT molecular complexity index is 694. The van der Waals surface area contributed by atoms with Crippen LogP contribution in [0.25, 0.3) is 0 Å². The lowest BCUT2D eigenvalue weighted by Crippen LogP contribution is -2.24. The first-order chi connectivity index (χ1) is 9.85. The summed E-state index contributed by atoms with van der Waals surface area (Å²) in [6.07, 6.45) is 0.901. The van der Waals surface area contributed by atoms with Crippen molar-refractivity contribution in [3.8, 4) is 5.75 Å². The Morgan fingerprint density at radius 2 is 1.81 bits per heavy atom. The SMILES string of the molecule is Cc1ccc(C(Br)c2ccc3c(c2)CC(C)(C)O3)cc1F. The maximum absolute atomic E-state index is 13.7. The molecule has 1 unspecified atom stereocenters. The highest BCUT2D eigenvalue weighted by Crippen LogP contribution is 2.39. The fourth-order valence-electron chi connectivity index (χ4n) is 2.75. The van der Waals surface area contributed by atoms with E-state index in [0.717, 1.165) is 23.3 Å². The molecule has 0 spiro atoms. The van der Waals surface area contributed by atoms with Crippen LogP contribution in [-0.4, -0.2) is 5.60 Å². The van der Waals surface area contributed by atoms with Gasteiger partial charge >= 0.3 is 0 Å². The lowest BCUT2D eigenvalue weighted by atomic mass is 9.97. The molecule has 0 aliphatic carbocycles. The normalized spacial score (nSPS) is 17.2. The van der Waals surface area contributed by atoms with Crippen LogP contribution in [0.1, 0.15) is 40.9 Å². The predicted octanol–water partition coefficient (Wildman–Crippen LogP) is 5.33. The third-order valence-electron chi connectivity index (χ3n) is 3.87. The molecule has 0 aromatic heterocycles. The third kappa shape index (κ3) is 2.84. The van der Waals surface area contributed by atoms with Crippen LogP contribution in [0.15, 0.2) is 36.4 Å². The van der Waals surface area contributed by atoms with Gasteiger partial charge in [-0.05, 0) is 55.2 Å². The van der Waals surface area contributed by atoms with Crippen LogP contribution >= 0.6 is 15.9 Å². The summed E-state index contributed by atoms with van der Waals surface area (Å²) in [5.41, 5.74) is 3.80. The monoisotopic (exact) mass is 348 g/mol. The van der Waals surface area contributed by atoms with Crippen LogP contribution in [0, 0.1) is 12.7 Å². The first-order valence-electron chi connectivity index (χ1n) is 7.08. The minimum Gasteiger partial charge on any atom is -0.487 e. The van der Waals surface area contributed by atoms with Gasteiger partial charge in [0.15, 0.2) is 0 Å². The number of fused-ring (bicyclic) bond motifs is 1. The summed E-state index contributed by atoms with van der Waals surface area (Å²) in [5, 5.41) is 0. The summed E-state index contributed by atoms with van der Waals surface area (Å²) in [6, 6.07) is 11.6. The van der Waals surface area contributed by atoms with Crippen molar-refractivity contribution < 1.29 is 9.13 Å². The smallest absolute Gasteiger partial charge is 0.126 e. The molecule has 0 bridgehead atoms. The highest BCUT2D eigenvalue weighted by atomic mass is 79.9. The number of hydrogen-bond acceptors (Lipinski definition) is 1. The van der Waals surface area contributed by atoms with Gasteiger partial charge in [0.2, 0.25) is 0 Å². The van der Waals surface area contributed by atoms with Gasteiger partial charge in [-0.3, -0.25) is 0 Å². The Hall–Kier alpha value is -1.35. The second-order valence-corrected chi connectivity index (χ2v) is 7.19. The van der Waals surface area contributed by atoms with Crippen molar-refractivity contribution in [2.75, 3.05) is 0 Å². The van der Waals surface area contributed by atoms with E-state index in [2.05, 4.69) is 35.8 Å². The molecule has 0 fully saturated rings. The van der Waals surface area contributed by atoms with E-state index >= 15 is 0 Å². The van der Waals surface area contributed by atoms with E-state index in [9.17, 15) is 4.39 Å². The Kier molecular flexibility index (Phi) is 3.56. The van der Waals surface area contributed by atoms with E-state index in [1.165, 1.54) is 5.56 Å². The summed E-state index contributed by atoms with van der Waals surface area (Å²) in [6.45, 7) is 5.96.